The zero-order chi connectivity index (χ0) is 21.5. The summed E-state index contributed by atoms with van der Waals surface area (Å²) in [5, 5.41) is 15.8. The Balaban J connectivity index is 0. The number of nitrogens with zero attached hydrogens (tertiary/aromatic N) is 1. The van der Waals surface area contributed by atoms with Crippen molar-refractivity contribution in [2.75, 3.05) is 6.54 Å². The molecule has 6 heteroatoms. The largest absolute Gasteiger partial charge is 0.479 e. The molecular weight excluding hydrogens is 354 g/mol. The van der Waals surface area contributed by atoms with Crippen LogP contribution in [0.3, 0.4) is 0 Å². The Bertz CT molecular complexity index is 357. The summed E-state index contributed by atoms with van der Waals surface area (Å²) >= 11 is 0. The van der Waals surface area contributed by atoms with Crippen LogP contribution in [0.4, 0.5) is 0 Å². The number of nitrogens with two attached hydrogens (primary N) is 2. The van der Waals surface area contributed by atoms with Gasteiger partial charge in [-0.1, -0.05) is 103 Å². The van der Waals surface area contributed by atoms with Crippen LogP contribution >= 0.6 is 0 Å². The number of carboxylic acid groups (broad SMARTS) is 1. The molecular formula is C22H47N3O3. The summed E-state index contributed by atoms with van der Waals surface area (Å²) in [6.07, 6.45) is 21.1. The highest BCUT2D eigenvalue weighted by Crippen LogP contribution is 2.13. The van der Waals surface area contributed by atoms with Crippen molar-refractivity contribution in [2.45, 2.75) is 123 Å². The summed E-state index contributed by atoms with van der Waals surface area (Å²) in [7, 11) is 0. The van der Waals surface area contributed by atoms with Crippen molar-refractivity contribution in [3.63, 3.8) is 0 Å². The predicted octanol–water partition coefficient (Wildman–Crippen LogP) is 4.97. The van der Waals surface area contributed by atoms with Gasteiger partial charge < -0.3 is 21.7 Å². The average molecular weight is 402 g/mol. The van der Waals surface area contributed by atoms with Gasteiger partial charge in [0.25, 0.3) is 0 Å². The molecule has 0 radical (unpaired) electrons. The van der Waals surface area contributed by atoms with Crippen molar-refractivity contribution < 1.29 is 15.0 Å². The lowest BCUT2D eigenvalue weighted by Crippen LogP contribution is -2.22. The van der Waals surface area contributed by atoms with Gasteiger partial charge in [-0.2, -0.15) is 0 Å². The highest BCUT2D eigenvalue weighted by molar-refractivity contribution is 5.75. The first-order valence-corrected chi connectivity index (χ1v) is 11.4. The molecule has 0 saturated heterocycles. The first-order valence-electron chi connectivity index (χ1n) is 11.4. The molecule has 0 heterocycles. The van der Waals surface area contributed by atoms with Gasteiger partial charge in [-0.3, -0.25) is 4.99 Å². The van der Waals surface area contributed by atoms with Crippen LogP contribution in [0.5, 0.6) is 0 Å². The minimum absolute atomic E-state index is 0.223. The first-order chi connectivity index (χ1) is 13.4. The molecule has 1 unspecified atom stereocenters. The fraction of sp³-hybridized carbons (Fsp3) is 0.909. The van der Waals surface area contributed by atoms with Crippen LogP contribution in [0.15, 0.2) is 4.99 Å². The van der Waals surface area contributed by atoms with E-state index in [0.29, 0.717) is 0 Å². The van der Waals surface area contributed by atoms with E-state index in [0.717, 1.165) is 13.0 Å². The SMILES string of the molecule is CC(O)C(=O)O.CCCCCCCCCCCCCCCCCCN=C(N)N. The van der Waals surface area contributed by atoms with Crippen molar-refractivity contribution >= 4 is 11.9 Å². The molecule has 0 saturated carbocycles. The van der Waals surface area contributed by atoms with Crippen molar-refractivity contribution in [2.24, 2.45) is 16.5 Å². The highest BCUT2D eigenvalue weighted by Gasteiger charge is 2.01. The lowest BCUT2D eigenvalue weighted by molar-refractivity contribution is -0.145. The second kappa shape index (κ2) is 23.7. The molecule has 0 amide bonds. The second-order valence-electron chi connectivity index (χ2n) is 7.62. The summed E-state index contributed by atoms with van der Waals surface area (Å²) in [6, 6.07) is 0. The molecule has 0 aromatic heterocycles. The second-order valence-corrected chi connectivity index (χ2v) is 7.62. The summed E-state index contributed by atoms with van der Waals surface area (Å²) in [4.78, 5) is 13.4. The van der Waals surface area contributed by atoms with E-state index in [1.807, 2.05) is 0 Å². The number of hydrogen-bond acceptors (Lipinski definition) is 3. The van der Waals surface area contributed by atoms with Crippen molar-refractivity contribution in [1.82, 2.24) is 0 Å². The van der Waals surface area contributed by atoms with E-state index in [9.17, 15) is 4.79 Å². The maximum absolute atomic E-state index is 9.45. The Morgan fingerprint density at radius 1 is 0.750 bits per heavy atom. The molecule has 28 heavy (non-hydrogen) atoms. The number of carboxylic acids is 1. The van der Waals surface area contributed by atoms with Gasteiger partial charge in [0.15, 0.2) is 5.96 Å². The maximum Gasteiger partial charge on any atom is 0.332 e. The number of aliphatic carboxylic acids is 1. The summed E-state index contributed by atoms with van der Waals surface area (Å²) in [6.45, 7) is 4.27. The van der Waals surface area contributed by atoms with E-state index in [-0.39, 0.29) is 5.96 Å². The molecule has 0 aromatic carbocycles. The lowest BCUT2D eigenvalue weighted by atomic mass is 10.0. The van der Waals surface area contributed by atoms with E-state index < -0.39 is 12.1 Å². The zero-order valence-corrected chi connectivity index (χ0v) is 18.5. The van der Waals surface area contributed by atoms with Crippen LogP contribution < -0.4 is 11.5 Å². The standard InChI is InChI=1S/C19H41N3.C3H6O3/c1-2-3-4-5-6-7-8-9-10-11-12-13-14-15-16-17-18-22-19(20)21;1-2(4)3(5)6/h2-18H2,1H3,(H4,20,21,22);2,4H,1H3,(H,5,6). The molecule has 6 N–H and O–H groups in total. The van der Waals surface area contributed by atoms with E-state index in [2.05, 4.69) is 11.9 Å². The zero-order valence-electron chi connectivity index (χ0n) is 18.5. The minimum atomic E-state index is -1.23. The molecule has 0 aliphatic carbocycles. The molecule has 0 spiro atoms. The van der Waals surface area contributed by atoms with Gasteiger partial charge in [0.05, 0.1) is 0 Å². The molecule has 0 bridgehead atoms. The maximum atomic E-state index is 9.45. The van der Waals surface area contributed by atoms with Gasteiger partial charge in [-0.25, -0.2) is 4.79 Å². The number of guanidine groups is 1. The minimum Gasteiger partial charge on any atom is -0.479 e. The predicted molar refractivity (Wildman–Crippen MR) is 120 cm³/mol. The number of aliphatic hydroxyl groups excluding tert-OH is 1. The van der Waals surface area contributed by atoms with Gasteiger partial charge >= 0.3 is 5.97 Å². The quantitative estimate of drug-likeness (QED) is 0.147. The number of carbonyl (C=O) groups is 1. The average Bonchev–Trinajstić information content (AvgIpc) is 2.64. The molecule has 0 rings (SSSR count). The molecule has 0 aliphatic rings. The van der Waals surface area contributed by atoms with E-state index in [1.54, 1.807) is 0 Å². The molecule has 0 aromatic rings. The van der Waals surface area contributed by atoms with Gasteiger partial charge in [-0.05, 0) is 13.3 Å². The van der Waals surface area contributed by atoms with Crippen LogP contribution in [0, 0.1) is 0 Å². The normalized spacial score (nSPS) is 11.4. The third-order valence-electron chi connectivity index (χ3n) is 4.66. The Hall–Kier alpha value is -1.30. The Kier molecular flexibility index (Phi) is 24.5. The molecule has 168 valence electrons. The van der Waals surface area contributed by atoms with E-state index in [1.165, 1.54) is 103 Å². The molecule has 0 aliphatic heterocycles. The van der Waals surface area contributed by atoms with Gasteiger partial charge in [0.1, 0.15) is 6.10 Å². The number of aliphatic imine (C=N–C) groups is 1. The number of rotatable bonds is 18. The number of aliphatic hydroxyl groups is 1. The van der Waals surface area contributed by atoms with Crippen LogP contribution in [0.1, 0.15) is 117 Å². The summed E-state index contributed by atoms with van der Waals surface area (Å²) < 4.78 is 0. The van der Waals surface area contributed by atoms with Gasteiger partial charge in [0.2, 0.25) is 0 Å². The Labute approximate surface area is 173 Å². The van der Waals surface area contributed by atoms with E-state index >= 15 is 0 Å². The van der Waals surface area contributed by atoms with Gasteiger partial charge in [-0.15, -0.1) is 0 Å². The molecule has 6 nitrogen and oxygen atoms in total. The summed E-state index contributed by atoms with van der Waals surface area (Å²) in [5.41, 5.74) is 10.6. The number of unbranched alkanes of at least 4 members (excludes halogenated alkanes) is 15. The topological polar surface area (TPSA) is 122 Å². The third kappa shape index (κ3) is 29.5. The molecule has 1 atom stereocenters. The Morgan fingerprint density at radius 3 is 1.29 bits per heavy atom. The monoisotopic (exact) mass is 401 g/mol. The van der Waals surface area contributed by atoms with Crippen LogP contribution in [0.25, 0.3) is 0 Å². The van der Waals surface area contributed by atoms with Crippen molar-refractivity contribution in [1.29, 1.82) is 0 Å². The van der Waals surface area contributed by atoms with Gasteiger partial charge in [0, 0.05) is 6.54 Å². The summed E-state index contributed by atoms with van der Waals surface area (Å²) in [5.74, 6) is -0.962. The fourth-order valence-corrected chi connectivity index (χ4v) is 2.87. The fourth-order valence-electron chi connectivity index (χ4n) is 2.87. The van der Waals surface area contributed by atoms with Crippen LogP contribution in [-0.2, 0) is 4.79 Å². The third-order valence-corrected chi connectivity index (χ3v) is 4.66. The van der Waals surface area contributed by atoms with Crippen molar-refractivity contribution in [3.8, 4) is 0 Å². The smallest absolute Gasteiger partial charge is 0.332 e. The van der Waals surface area contributed by atoms with Crippen LogP contribution in [0.2, 0.25) is 0 Å². The van der Waals surface area contributed by atoms with Crippen LogP contribution in [-0.4, -0.2) is 34.8 Å². The van der Waals surface area contributed by atoms with Crippen molar-refractivity contribution in [3.05, 3.63) is 0 Å². The highest BCUT2D eigenvalue weighted by atomic mass is 16.4. The first kappa shape index (κ1) is 28.9. The van der Waals surface area contributed by atoms with E-state index in [4.69, 9.17) is 21.7 Å². The number of hydrogen-bond donors (Lipinski definition) is 4. The lowest BCUT2D eigenvalue weighted by Gasteiger charge is -2.03. The molecule has 0 fully saturated rings. The Morgan fingerprint density at radius 2 is 1.04 bits per heavy atom.